The summed E-state index contributed by atoms with van der Waals surface area (Å²) in [6.07, 6.45) is -6.27. The van der Waals surface area contributed by atoms with Gasteiger partial charge >= 0.3 is 6.18 Å². The number of hydrogen-bond donors (Lipinski definition) is 2. The first-order chi connectivity index (χ1) is 11.2. The Morgan fingerprint density at radius 2 is 1.96 bits per heavy atom. The molecule has 2 N–H and O–H groups in total. The number of rotatable bonds is 2. The van der Waals surface area contributed by atoms with Gasteiger partial charge in [-0.25, -0.2) is 4.39 Å². The van der Waals surface area contributed by atoms with Gasteiger partial charge in [0, 0.05) is 5.56 Å². The third-order valence-electron chi connectivity index (χ3n) is 3.56. The van der Waals surface area contributed by atoms with Crippen LogP contribution in [0.4, 0.5) is 17.6 Å². The summed E-state index contributed by atoms with van der Waals surface area (Å²) in [6, 6.07) is 5.69. The van der Waals surface area contributed by atoms with Gasteiger partial charge in [0.2, 0.25) is 5.88 Å². The van der Waals surface area contributed by atoms with Gasteiger partial charge in [0.15, 0.2) is 0 Å². The van der Waals surface area contributed by atoms with Gasteiger partial charge in [-0.2, -0.15) is 22.8 Å². The monoisotopic (exact) mass is 341 g/mol. The molecule has 0 aliphatic heterocycles. The first-order valence-corrected chi connectivity index (χ1v) is 6.84. The molecule has 3 aromatic rings. The van der Waals surface area contributed by atoms with E-state index in [1.807, 2.05) is 0 Å². The van der Waals surface area contributed by atoms with Crippen LogP contribution in [0.25, 0.3) is 16.8 Å². The number of nitrogens with one attached hydrogen (secondary N) is 1. The van der Waals surface area contributed by atoms with Crippen LogP contribution >= 0.6 is 0 Å². The third kappa shape index (κ3) is 2.61. The van der Waals surface area contributed by atoms with Crippen molar-refractivity contribution in [3.8, 4) is 17.0 Å². The maximum atomic E-state index is 14.0. The molecule has 0 radical (unpaired) electrons. The molecule has 9 heteroatoms. The van der Waals surface area contributed by atoms with Crippen LogP contribution in [0.3, 0.4) is 0 Å². The summed E-state index contributed by atoms with van der Waals surface area (Å²) >= 11 is 0. The Morgan fingerprint density at radius 1 is 1.29 bits per heavy atom. The van der Waals surface area contributed by atoms with E-state index in [4.69, 9.17) is 0 Å². The second kappa shape index (κ2) is 5.36. The summed E-state index contributed by atoms with van der Waals surface area (Å²) in [7, 11) is 0. The van der Waals surface area contributed by atoms with Crippen LogP contribution in [0.2, 0.25) is 0 Å². The van der Waals surface area contributed by atoms with E-state index in [9.17, 15) is 27.5 Å². The maximum absolute atomic E-state index is 14.0. The summed E-state index contributed by atoms with van der Waals surface area (Å²) in [5.41, 5.74) is -1.48. The fourth-order valence-electron chi connectivity index (χ4n) is 2.55. The van der Waals surface area contributed by atoms with Gasteiger partial charge in [0.05, 0.1) is 23.2 Å². The summed E-state index contributed by atoms with van der Waals surface area (Å²) < 4.78 is 52.5. The van der Waals surface area contributed by atoms with Crippen LogP contribution in [0.5, 0.6) is 5.88 Å². The minimum Gasteiger partial charge on any atom is -0.493 e. The Balaban J connectivity index is 2.31. The van der Waals surface area contributed by atoms with Gasteiger partial charge in [0.1, 0.15) is 11.5 Å². The Hall–Kier alpha value is -2.84. The summed E-state index contributed by atoms with van der Waals surface area (Å²) in [6.45, 7) is 1.50. The average Bonchev–Trinajstić information content (AvgIpc) is 2.80. The first-order valence-electron chi connectivity index (χ1n) is 6.84. The number of aromatic hydroxyl groups is 1. The number of nitrogens with zero attached hydrogens (tertiary/aromatic N) is 2. The molecule has 0 spiro atoms. The van der Waals surface area contributed by atoms with Crippen molar-refractivity contribution in [3.05, 3.63) is 51.7 Å². The summed E-state index contributed by atoms with van der Waals surface area (Å²) in [5, 5.41) is 14.0. The minimum atomic E-state index is -4.67. The third-order valence-corrected chi connectivity index (χ3v) is 3.56. The molecule has 3 rings (SSSR count). The number of aromatic nitrogens is 3. The number of aryl methyl sites for hydroxylation is 1. The zero-order valence-electron chi connectivity index (χ0n) is 12.3. The lowest BCUT2D eigenvalue weighted by molar-refractivity contribution is -0.127. The molecule has 0 saturated carbocycles. The largest absolute Gasteiger partial charge is 0.493 e. The topological polar surface area (TPSA) is 70.4 Å². The van der Waals surface area contributed by atoms with Crippen molar-refractivity contribution in [2.45, 2.75) is 19.5 Å². The molecular formula is C15H11F4N3O2. The van der Waals surface area contributed by atoms with Crippen molar-refractivity contribution in [1.29, 1.82) is 0 Å². The number of halogens is 4. The van der Waals surface area contributed by atoms with E-state index in [0.29, 0.717) is 0 Å². The molecule has 0 bridgehead atoms. The lowest BCUT2D eigenvalue weighted by atomic mass is 10.1. The SMILES string of the molecule is Cc1nn2c(O)c(CC(F)(F)F)c(=O)[nH]c2c1-c1ccccc1F. The molecule has 0 atom stereocenters. The van der Waals surface area contributed by atoms with Crippen LogP contribution in [0, 0.1) is 12.7 Å². The Morgan fingerprint density at radius 3 is 2.58 bits per heavy atom. The van der Waals surface area contributed by atoms with Gasteiger partial charge < -0.3 is 10.1 Å². The molecule has 24 heavy (non-hydrogen) atoms. The summed E-state index contributed by atoms with van der Waals surface area (Å²) in [5.74, 6) is -1.51. The van der Waals surface area contributed by atoms with Gasteiger partial charge in [0.25, 0.3) is 5.56 Å². The molecule has 0 aliphatic carbocycles. The van der Waals surface area contributed by atoms with Crippen molar-refractivity contribution in [3.63, 3.8) is 0 Å². The Kier molecular flexibility index (Phi) is 3.58. The fraction of sp³-hybridized carbons (Fsp3) is 0.200. The van der Waals surface area contributed by atoms with Crippen molar-refractivity contribution in [2.75, 3.05) is 0 Å². The van der Waals surface area contributed by atoms with E-state index >= 15 is 0 Å². The molecule has 0 saturated heterocycles. The second-order valence-corrected chi connectivity index (χ2v) is 5.25. The summed E-state index contributed by atoms with van der Waals surface area (Å²) in [4.78, 5) is 14.2. The number of alkyl halides is 3. The molecule has 1 aromatic carbocycles. The molecule has 5 nitrogen and oxygen atoms in total. The van der Waals surface area contributed by atoms with Gasteiger partial charge in [-0.1, -0.05) is 18.2 Å². The molecule has 0 unspecified atom stereocenters. The van der Waals surface area contributed by atoms with Gasteiger partial charge in [-0.15, -0.1) is 0 Å². The van der Waals surface area contributed by atoms with E-state index in [1.54, 1.807) is 6.07 Å². The maximum Gasteiger partial charge on any atom is 0.393 e. The van der Waals surface area contributed by atoms with Crippen LogP contribution in [0.1, 0.15) is 11.3 Å². The quantitative estimate of drug-likeness (QED) is 0.704. The predicted octanol–water partition coefficient (Wildman–Crippen LogP) is 2.95. The molecule has 0 amide bonds. The molecule has 0 fully saturated rings. The highest BCUT2D eigenvalue weighted by molar-refractivity contribution is 5.80. The zero-order chi connectivity index (χ0) is 17.6. The van der Waals surface area contributed by atoms with Crippen LogP contribution in [-0.2, 0) is 6.42 Å². The van der Waals surface area contributed by atoms with E-state index in [0.717, 1.165) is 4.52 Å². The first kappa shape index (κ1) is 16.0. The molecule has 2 aromatic heterocycles. The van der Waals surface area contributed by atoms with E-state index < -0.39 is 35.4 Å². The normalized spacial score (nSPS) is 12.0. The van der Waals surface area contributed by atoms with Crippen molar-refractivity contribution >= 4 is 5.65 Å². The smallest absolute Gasteiger partial charge is 0.393 e. The fourth-order valence-corrected chi connectivity index (χ4v) is 2.55. The molecule has 0 aliphatic rings. The van der Waals surface area contributed by atoms with Crippen molar-refractivity contribution < 1.29 is 22.7 Å². The molecule has 2 heterocycles. The predicted molar refractivity (Wildman–Crippen MR) is 77.4 cm³/mol. The molecular weight excluding hydrogens is 330 g/mol. The number of hydrogen-bond acceptors (Lipinski definition) is 3. The van der Waals surface area contributed by atoms with E-state index in [2.05, 4.69) is 10.1 Å². The average molecular weight is 341 g/mol. The van der Waals surface area contributed by atoms with E-state index in [1.165, 1.54) is 25.1 Å². The van der Waals surface area contributed by atoms with Crippen molar-refractivity contribution in [2.24, 2.45) is 0 Å². The number of fused-ring (bicyclic) bond motifs is 1. The highest BCUT2D eigenvalue weighted by Gasteiger charge is 2.32. The lowest BCUT2D eigenvalue weighted by Gasteiger charge is -2.09. The number of aromatic amines is 1. The minimum absolute atomic E-state index is 0.0778. The molecule has 126 valence electrons. The van der Waals surface area contributed by atoms with Crippen LogP contribution < -0.4 is 5.56 Å². The number of benzene rings is 1. The highest BCUT2D eigenvalue weighted by atomic mass is 19.4. The van der Waals surface area contributed by atoms with Crippen LogP contribution in [-0.4, -0.2) is 25.9 Å². The zero-order valence-corrected chi connectivity index (χ0v) is 12.3. The highest BCUT2D eigenvalue weighted by Crippen LogP contribution is 2.32. The van der Waals surface area contributed by atoms with Crippen LogP contribution in [0.15, 0.2) is 29.1 Å². The lowest BCUT2D eigenvalue weighted by Crippen LogP contribution is -2.22. The van der Waals surface area contributed by atoms with Gasteiger partial charge in [-0.05, 0) is 13.0 Å². The van der Waals surface area contributed by atoms with Gasteiger partial charge in [-0.3, -0.25) is 4.79 Å². The number of H-pyrrole nitrogens is 1. The Bertz CT molecular complexity index is 989. The standard InChI is InChI=1S/C15H11F4N3O2/c1-7-11(8-4-2-3-5-10(8)16)12-20-13(23)9(6-15(17,18)19)14(24)22(12)21-7/h2-5,24H,6H2,1H3,(H,20,23). The Labute approximate surface area is 132 Å². The van der Waals surface area contributed by atoms with E-state index in [-0.39, 0.29) is 22.5 Å². The van der Waals surface area contributed by atoms with Crippen molar-refractivity contribution in [1.82, 2.24) is 14.6 Å². The second-order valence-electron chi connectivity index (χ2n) is 5.25.